The quantitative estimate of drug-likeness (QED) is 0.895. The van der Waals surface area contributed by atoms with Gasteiger partial charge in [-0.3, -0.25) is 9.69 Å². The molecule has 0 aliphatic carbocycles. The van der Waals surface area contributed by atoms with Gasteiger partial charge in [-0.25, -0.2) is 4.79 Å². The lowest BCUT2D eigenvalue weighted by atomic mass is 10.2. The highest BCUT2D eigenvalue weighted by atomic mass is 16.2. The number of likely N-dealkylation sites (tertiary alicyclic amines) is 1. The minimum absolute atomic E-state index is 0.00491. The van der Waals surface area contributed by atoms with Crippen LogP contribution in [0.15, 0.2) is 30.3 Å². The van der Waals surface area contributed by atoms with Gasteiger partial charge in [0.2, 0.25) is 5.91 Å². The zero-order valence-corrected chi connectivity index (χ0v) is 15.9. The van der Waals surface area contributed by atoms with Gasteiger partial charge in [-0.2, -0.15) is 0 Å². The number of nitrogens with one attached hydrogen (secondary N) is 1. The van der Waals surface area contributed by atoms with E-state index in [1.54, 1.807) is 0 Å². The third-order valence-corrected chi connectivity index (χ3v) is 5.16. The fraction of sp³-hybridized carbons (Fsp3) is 0.600. The molecule has 0 spiro atoms. The Balaban J connectivity index is 1.55. The van der Waals surface area contributed by atoms with Crippen LogP contribution < -0.4 is 5.32 Å². The molecule has 2 aliphatic rings. The summed E-state index contributed by atoms with van der Waals surface area (Å²) < 4.78 is 0. The van der Waals surface area contributed by atoms with E-state index < -0.39 is 0 Å². The summed E-state index contributed by atoms with van der Waals surface area (Å²) in [4.78, 5) is 31.2. The maximum absolute atomic E-state index is 12.9. The standard InChI is InChI=1S/C20H30N4O2/c1-16(2)21-20(26)23-11-6-10-22(13-14-23)18-9-12-24(19(18)25)15-17-7-4-3-5-8-17/h3-5,7-8,16,18H,6,9-15H2,1-2H3,(H,21,26)/t18-/m0/s1. The van der Waals surface area contributed by atoms with Crippen molar-refractivity contribution in [2.45, 2.75) is 45.3 Å². The summed E-state index contributed by atoms with van der Waals surface area (Å²) in [6.45, 7) is 8.52. The van der Waals surface area contributed by atoms with E-state index in [0.29, 0.717) is 13.1 Å². The van der Waals surface area contributed by atoms with Crippen molar-refractivity contribution in [3.63, 3.8) is 0 Å². The van der Waals surface area contributed by atoms with E-state index in [9.17, 15) is 9.59 Å². The van der Waals surface area contributed by atoms with Crippen LogP contribution in [-0.2, 0) is 11.3 Å². The van der Waals surface area contributed by atoms with Gasteiger partial charge < -0.3 is 15.1 Å². The topological polar surface area (TPSA) is 55.9 Å². The van der Waals surface area contributed by atoms with E-state index in [4.69, 9.17) is 0 Å². The van der Waals surface area contributed by atoms with E-state index in [0.717, 1.165) is 39.0 Å². The van der Waals surface area contributed by atoms with Gasteiger partial charge in [0.25, 0.3) is 0 Å². The van der Waals surface area contributed by atoms with Crippen molar-refractivity contribution in [1.29, 1.82) is 0 Å². The highest BCUT2D eigenvalue weighted by Gasteiger charge is 2.36. The number of nitrogens with zero attached hydrogens (tertiary/aromatic N) is 3. The second-order valence-corrected chi connectivity index (χ2v) is 7.53. The Morgan fingerprint density at radius 2 is 1.88 bits per heavy atom. The molecule has 1 aromatic carbocycles. The first-order valence-corrected chi connectivity index (χ1v) is 9.67. The molecule has 0 aromatic heterocycles. The zero-order valence-electron chi connectivity index (χ0n) is 15.9. The van der Waals surface area contributed by atoms with Gasteiger partial charge in [0.1, 0.15) is 0 Å². The van der Waals surface area contributed by atoms with Crippen LogP contribution in [0.1, 0.15) is 32.3 Å². The highest BCUT2D eigenvalue weighted by Crippen LogP contribution is 2.21. The molecule has 0 unspecified atom stereocenters. The number of carbonyl (C=O) groups excluding carboxylic acids is 2. The molecule has 3 amide bonds. The fourth-order valence-electron chi connectivity index (χ4n) is 3.81. The summed E-state index contributed by atoms with van der Waals surface area (Å²) in [7, 11) is 0. The summed E-state index contributed by atoms with van der Waals surface area (Å²) in [5.74, 6) is 0.230. The smallest absolute Gasteiger partial charge is 0.317 e. The summed E-state index contributed by atoms with van der Waals surface area (Å²) >= 11 is 0. The molecule has 26 heavy (non-hydrogen) atoms. The number of amides is 3. The first-order chi connectivity index (χ1) is 12.5. The molecule has 6 nitrogen and oxygen atoms in total. The maximum Gasteiger partial charge on any atom is 0.317 e. The van der Waals surface area contributed by atoms with E-state index in [2.05, 4.69) is 22.3 Å². The van der Waals surface area contributed by atoms with Gasteiger partial charge in [0, 0.05) is 45.3 Å². The van der Waals surface area contributed by atoms with Crippen LogP contribution in [0.3, 0.4) is 0 Å². The number of urea groups is 1. The Hall–Kier alpha value is -2.08. The molecular weight excluding hydrogens is 328 g/mol. The molecule has 0 radical (unpaired) electrons. The SMILES string of the molecule is CC(C)NC(=O)N1CCCN([C@H]2CCN(Cc3ccccc3)C2=O)CC1. The minimum atomic E-state index is -0.0353. The highest BCUT2D eigenvalue weighted by molar-refractivity contribution is 5.84. The molecule has 0 bridgehead atoms. The van der Waals surface area contributed by atoms with Gasteiger partial charge >= 0.3 is 6.03 Å². The Morgan fingerprint density at radius 3 is 2.62 bits per heavy atom. The molecule has 0 saturated carbocycles. The number of rotatable bonds is 4. The van der Waals surface area contributed by atoms with Crippen LogP contribution in [0.5, 0.6) is 0 Å². The second kappa shape index (κ2) is 8.54. The molecule has 2 saturated heterocycles. The zero-order chi connectivity index (χ0) is 18.5. The van der Waals surface area contributed by atoms with Crippen LogP contribution in [0.2, 0.25) is 0 Å². The van der Waals surface area contributed by atoms with Crippen LogP contribution in [-0.4, -0.2) is 71.4 Å². The fourth-order valence-corrected chi connectivity index (χ4v) is 3.81. The van der Waals surface area contributed by atoms with E-state index in [-0.39, 0.29) is 24.0 Å². The largest absolute Gasteiger partial charge is 0.337 e. The van der Waals surface area contributed by atoms with Gasteiger partial charge in [0.05, 0.1) is 6.04 Å². The number of benzene rings is 1. The minimum Gasteiger partial charge on any atom is -0.337 e. The van der Waals surface area contributed by atoms with Crippen molar-refractivity contribution in [2.75, 3.05) is 32.7 Å². The van der Waals surface area contributed by atoms with E-state index >= 15 is 0 Å². The molecule has 142 valence electrons. The van der Waals surface area contributed by atoms with Crippen molar-refractivity contribution < 1.29 is 9.59 Å². The predicted molar refractivity (Wildman–Crippen MR) is 102 cm³/mol. The third kappa shape index (κ3) is 4.55. The van der Waals surface area contributed by atoms with Crippen molar-refractivity contribution in [3.8, 4) is 0 Å². The number of hydrogen-bond donors (Lipinski definition) is 1. The first-order valence-electron chi connectivity index (χ1n) is 9.67. The monoisotopic (exact) mass is 358 g/mol. The average molecular weight is 358 g/mol. The molecule has 3 rings (SSSR count). The third-order valence-electron chi connectivity index (χ3n) is 5.16. The Kier molecular flexibility index (Phi) is 6.14. The van der Waals surface area contributed by atoms with Gasteiger partial charge in [-0.15, -0.1) is 0 Å². The Morgan fingerprint density at radius 1 is 1.12 bits per heavy atom. The van der Waals surface area contributed by atoms with Crippen LogP contribution >= 0.6 is 0 Å². The molecule has 1 atom stereocenters. The average Bonchev–Trinajstić information content (AvgIpc) is 2.83. The summed E-state index contributed by atoms with van der Waals surface area (Å²) in [5, 5.41) is 2.96. The van der Waals surface area contributed by atoms with Crippen molar-refractivity contribution in [1.82, 2.24) is 20.0 Å². The molecule has 2 fully saturated rings. The van der Waals surface area contributed by atoms with Gasteiger partial charge in [0.15, 0.2) is 0 Å². The van der Waals surface area contributed by atoms with E-state index in [1.807, 2.05) is 41.8 Å². The normalized spacial score (nSPS) is 22.0. The van der Waals surface area contributed by atoms with Crippen molar-refractivity contribution in [3.05, 3.63) is 35.9 Å². The number of carbonyl (C=O) groups is 2. The molecule has 2 heterocycles. The van der Waals surface area contributed by atoms with Crippen molar-refractivity contribution in [2.24, 2.45) is 0 Å². The predicted octanol–water partition coefficient (Wildman–Crippen LogP) is 1.91. The molecular formula is C20H30N4O2. The lowest BCUT2D eigenvalue weighted by Gasteiger charge is -2.27. The summed E-state index contributed by atoms with van der Waals surface area (Å²) in [5.41, 5.74) is 1.17. The van der Waals surface area contributed by atoms with Crippen molar-refractivity contribution >= 4 is 11.9 Å². The second-order valence-electron chi connectivity index (χ2n) is 7.53. The molecule has 2 aliphatic heterocycles. The summed E-state index contributed by atoms with van der Waals surface area (Å²) in [6.07, 6.45) is 1.79. The lowest BCUT2D eigenvalue weighted by Crippen LogP contribution is -2.46. The van der Waals surface area contributed by atoms with Crippen LogP contribution in [0.4, 0.5) is 4.79 Å². The van der Waals surface area contributed by atoms with Gasteiger partial charge in [-0.1, -0.05) is 30.3 Å². The summed E-state index contributed by atoms with van der Waals surface area (Å²) in [6, 6.07) is 10.3. The molecule has 1 aromatic rings. The van der Waals surface area contributed by atoms with Gasteiger partial charge in [-0.05, 0) is 32.3 Å². The van der Waals surface area contributed by atoms with Crippen LogP contribution in [0.25, 0.3) is 0 Å². The lowest BCUT2D eigenvalue weighted by molar-refractivity contribution is -0.132. The Labute approximate surface area is 156 Å². The Bertz CT molecular complexity index is 619. The number of hydrogen-bond acceptors (Lipinski definition) is 3. The van der Waals surface area contributed by atoms with Crippen LogP contribution in [0, 0.1) is 0 Å². The van der Waals surface area contributed by atoms with E-state index in [1.165, 1.54) is 5.56 Å². The molecule has 1 N–H and O–H groups in total. The molecule has 6 heteroatoms. The maximum atomic E-state index is 12.9. The first kappa shape index (κ1) is 18.7.